The largest absolute Gasteiger partial charge is 0.411 e. The molecule has 7 heteroatoms. The van der Waals surface area contributed by atoms with E-state index in [4.69, 9.17) is 4.42 Å². The average Bonchev–Trinajstić information content (AvgIpc) is 2.85. The summed E-state index contributed by atoms with van der Waals surface area (Å²) in [7, 11) is 3.41. The fourth-order valence-electron chi connectivity index (χ4n) is 1.13. The van der Waals surface area contributed by atoms with Crippen molar-refractivity contribution in [3.8, 4) is 11.5 Å². The molecule has 0 aliphatic rings. The molecule has 0 spiro atoms. The number of carbonyl (C=O) groups excluding carboxylic acids is 1. The smallest absolute Gasteiger partial charge is 0.277 e. The summed E-state index contributed by atoms with van der Waals surface area (Å²) in [4.78, 5) is 16.8. The molecule has 0 bridgehead atoms. The fraction of sp³-hybridized carbons (Fsp3) is 0.273. The maximum absolute atomic E-state index is 11.4. The Morgan fingerprint density at radius 2 is 2.06 bits per heavy atom. The van der Waals surface area contributed by atoms with Gasteiger partial charge in [0.15, 0.2) is 0 Å². The summed E-state index contributed by atoms with van der Waals surface area (Å²) in [6.07, 6.45) is 3.31. The zero-order valence-corrected chi connectivity index (χ0v) is 10.8. The molecule has 0 saturated carbocycles. The topological polar surface area (TPSA) is 72.1 Å². The van der Waals surface area contributed by atoms with E-state index in [2.05, 4.69) is 15.2 Å². The Kier molecular flexibility index (Phi) is 3.93. The lowest BCUT2D eigenvalue weighted by molar-refractivity contribution is -0.125. The quantitative estimate of drug-likeness (QED) is 0.775. The van der Waals surface area contributed by atoms with Crippen molar-refractivity contribution in [1.82, 2.24) is 20.1 Å². The van der Waals surface area contributed by atoms with Gasteiger partial charge >= 0.3 is 0 Å². The standard InChI is InChI=1S/C11H12N4O2S/c1-15(2)9(16)7-18-11-14-13-10(17-11)8-3-5-12-6-4-8/h3-6H,7H2,1-2H3. The van der Waals surface area contributed by atoms with Gasteiger partial charge in [-0.1, -0.05) is 11.8 Å². The van der Waals surface area contributed by atoms with E-state index in [9.17, 15) is 4.79 Å². The molecule has 94 valence electrons. The number of thioether (sulfide) groups is 1. The predicted molar refractivity (Wildman–Crippen MR) is 66.9 cm³/mol. The minimum Gasteiger partial charge on any atom is -0.411 e. The minimum absolute atomic E-state index is 0.00339. The van der Waals surface area contributed by atoms with Gasteiger partial charge in [0.05, 0.1) is 5.75 Å². The second-order valence-electron chi connectivity index (χ2n) is 3.69. The Bertz CT molecular complexity index is 527. The third-order valence-corrected chi connectivity index (χ3v) is 2.95. The second kappa shape index (κ2) is 5.63. The lowest BCUT2D eigenvalue weighted by Gasteiger charge is -2.07. The SMILES string of the molecule is CN(C)C(=O)CSc1nnc(-c2ccncc2)o1. The van der Waals surface area contributed by atoms with Gasteiger partial charge in [0.25, 0.3) is 5.22 Å². The summed E-state index contributed by atoms with van der Waals surface area (Å²) in [5.41, 5.74) is 0.809. The highest BCUT2D eigenvalue weighted by molar-refractivity contribution is 7.99. The van der Waals surface area contributed by atoms with Gasteiger partial charge in [-0.2, -0.15) is 0 Å². The first-order valence-corrected chi connectivity index (χ1v) is 6.22. The van der Waals surface area contributed by atoms with Gasteiger partial charge in [-0.25, -0.2) is 0 Å². The zero-order valence-electron chi connectivity index (χ0n) is 10.0. The van der Waals surface area contributed by atoms with Gasteiger partial charge in [-0.15, -0.1) is 10.2 Å². The highest BCUT2D eigenvalue weighted by Crippen LogP contribution is 2.22. The molecule has 0 unspecified atom stereocenters. The van der Waals surface area contributed by atoms with Crippen molar-refractivity contribution in [1.29, 1.82) is 0 Å². The van der Waals surface area contributed by atoms with Crippen molar-refractivity contribution in [3.63, 3.8) is 0 Å². The van der Waals surface area contributed by atoms with Crippen LogP contribution in [0.3, 0.4) is 0 Å². The molecule has 2 heterocycles. The van der Waals surface area contributed by atoms with E-state index >= 15 is 0 Å². The number of nitrogens with zero attached hydrogens (tertiary/aromatic N) is 4. The number of carbonyl (C=O) groups is 1. The predicted octanol–water partition coefficient (Wildman–Crippen LogP) is 1.31. The van der Waals surface area contributed by atoms with Crippen molar-refractivity contribution in [2.45, 2.75) is 5.22 Å². The first-order chi connectivity index (χ1) is 8.66. The molecule has 2 aromatic rings. The Labute approximate surface area is 108 Å². The summed E-state index contributed by atoms with van der Waals surface area (Å²) < 4.78 is 5.44. The molecular weight excluding hydrogens is 252 g/mol. The molecule has 0 aliphatic heterocycles. The van der Waals surface area contributed by atoms with Gasteiger partial charge in [0.2, 0.25) is 11.8 Å². The van der Waals surface area contributed by atoms with Crippen LogP contribution in [0.1, 0.15) is 0 Å². The van der Waals surface area contributed by atoms with Crippen LogP contribution in [0.5, 0.6) is 0 Å². The molecule has 2 rings (SSSR count). The molecular formula is C11H12N4O2S. The number of aromatic nitrogens is 3. The van der Waals surface area contributed by atoms with Crippen LogP contribution in [0, 0.1) is 0 Å². The van der Waals surface area contributed by atoms with Crippen molar-refractivity contribution in [3.05, 3.63) is 24.5 Å². The monoisotopic (exact) mass is 264 g/mol. The Hall–Kier alpha value is -1.89. The molecule has 0 N–H and O–H groups in total. The zero-order chi connectivity index (χ0) is 13.0. The number of rotatable bonds is 4. The Morgan fingerprint density at radius 3 is 2.72 bits per heavy atom. The molecule has 0 atom stereocenters. The lowest BCUT2D eigenvalue weighted by atomic mass is 10.3. The molecule has 0 aromatic carbocycles. The highest BCUT2D eigenvalue weighted by Gasteiger charge is 2.11. The number of hydrogen-bond acceptors (Lipinski definition) is 6. The van der Waals surface area contributed by atoms with E-state index in [-0.39, 0.29) is 11.7 Å². The van der Waals surface area contributed by atoms with Crippen LogP contribution < -0.4 is 0 Å². The average molecular weight is 264 g/mol. The van der Waals surface area contributed by atoms with Crippen LogP contribution in [-0.4, -0.2) is 45.8 Å². The van der Waals surface area contributed by atoms with E-state index in [1.165, 1.54) is 16.7 Å². The fourth-order valence-corrected chi connectivity index (χ4v) is 1.87. The van der Waals surface area contributed by atoms with Gasteiger partial charge in [-0.3, -0.25) is 9.78 Å². The van der Waals surface area contributed by atoms with Crippen LogP contribution in [0.15, 0.2) is 34.2 Å². The van der Waals surface area contributed by atoms with Crippen LogP contribution in [-0.2, 0) is 4.79 Å². The molecule has 18 heavy (non-hydrogen) atoms. The first-order valence-electron chi connectivity index (χ1n) is 5.23. The molecule has 0 radical (unpaired) electrons. The second-order valence-corrected chi connectivity index (χ2v) is 4.61. The van der Waals surface area contributed by atoms with Crippen molar-refractivity contribution < 1.29 is 9.21 Å². The van der Waals surface area contributed by atoms with Crippen LogP contribution in [0.4, 0.5) is 0 Å². The summed E-state index contributed by atoms with van der Waals surface area (Å²) in [6.45, 7) is 0. The van der Waals surface area contributed by atoms with Crippen LogP contribution >= 0.6 is 11.8 Å². The third-order valence-electron chi connectivity index (χ3n) is 2.15. The van der Waals surface area contributed by atoms with Crippen molar-refractivity contribution in [2.75, 3.05) is 19.8 Å². The molecule has 0 saturated heterocycles. The third kappa shape index (κ3) is 3.07. The Balaban J connectivity index is 2.01. The summed E-state index contributed by atoms with van der Waals surface area (Å²) >= 11 is 1.23. The van der Waals surface area contributed by atoms with Crippen LogP contribution in [0.2, 0.25) is 0 Å². The van der Waals surface area contributed by atoms with E-state index < -0.39 is 0 Å². The molecule has 1 amide bonds. The van der Waals surface area contributed by atoms with Gasteiger partial charge in [0, 0.05) is 32.1 Å². The number of hydrogen-bond donors (Lipinski definition) is 0. The van der Waals surface area contributed by atoms with Crippen LogP contribution in [0.25, 0.3) is 11.5 Å². The molecule has 0 fully saturated rings. The maximum atomic E-state index is 11.4. The highest BCUT2D eigenvalue weighted by atomic mass is 32.2. The van der Waals surface area contributed by atoms with E-state index in [1.807, 2.05) is 0 Å². The van der Waals surface area contributed by atoms with Crippen molar-refractivity contribution in [2.24, 2.45) is 0 Å². The molecule has 0 aliphatic carbocycles. The summed E-state index contributed by atoms with van der Waals surface area (Å²) in [5.74, 6) is 0.714. The normalized spacial score (nSPS) is 10.3. The van der Waals surface area contributed by atoms with E-state index in [1.54, 1.807) is 38.6 Å². The molecule has 2 aromatic heterocycles. The Morgan fingerprint density at radius 1 is 1.33 bits per heavy atom. The van der Waals surface area contributed by atoms with Gasteiger partial charge in [-0.05, 0) is 12.1 Å². The number of pyridine rings is 1. The van der Waals surface area contributed by atoms with E-state index in [0.717, 1.165) is 5.56 Å². The lowest BCUT2D eigenvalue weighted by Crippen LogP contribution is -2.23. The first kappa shape index (κ1) is 12.6. The van der Waals surface area contributed by atoms with Crippen molar-refractivity contribution >= 4 is 17.7 Å². The summed E-state index contributed by atoms with van der Waals surface area (Å²) in [5, 5.41) is 8.18. The molecule has 6 nitrogen and oxygen atoms in total. The summed E-state index contributed by atoms with van der Waals surface area (Å²) in [6, 6.07) is 3.57. The van der Waals surface area contributed by atoms with Gasteiger partial charge in [0.1, 0.15) is 0 Å². The number of amides is 1. The van der Waals surface area contributed by atoms with Gasteiger partial charge < -0.3 is 9.32 Å². The van der Waals surface area contributed by atoms with E-state index in [0.29, 0.717) is 11.1 Å². The maximum Gasteiger partial charge on any atom is 0.277 e. The minimum atomic E-state index is 0.00339.